The Morgan fingerprint density at radius 2 is 2.12 bits per heavy atom. The number of hydrogen-bond donors (Lipinski definition) is 1. The van der Waals surface area contributed by atoms with E-state index in [9.17, 15) is 5.11 Å². The maximum Gasteiger partial charge on any atom is 0.154 e. The summed E-state index contributed by atoms with van der Waals surface area (Å²) in [5.74, 6) is 0. The van der Waals surface area contributed by atoms with E-state index in [1.165, 1.54) is 0 Å². The van der Waals surface area contributed by atoms with Crippen LogP contribution < -0.4 is 0 Å². The molecule has 0 aliphatic rings. The Bertz CT molecular complexity index is 505. The summed E-state index contributed by atoms with van der Waals surface area (Å²) >= 11 is 3.31. The highest BCUT2D eigenvalue weighted by Gasteiger charge is 2.21. The van der Waals surface area contributed by atoms with Gasteiger partial charge in [0.1, 0.15) is 11.8 Å². The first-order valence-corrected chi connectivity index (χ1v) is 6.25. The van der Waals surface area contributed by atoms with Crippen LogP contribution in [0.1, 0.15) is 29.8 Å². The van der Waals surface area contributed by atoms with Crippen LogP contribution in [0.15, 0.2) is 28.9 Å². The molecular weight excluding hydrogens is 282 g/mol. The van der Waals surface area contributed by atoms with Crippen LogP contribution in [0, 0.1) is 0 Å². The van der Waals surface area contributed by atoms with Gasteiger partial charge in [-0.05, 0) is 33.5 Å². The zero-order chi connectivity index (χ0) is 12.4. The topological polar surface area (TPSA) is 50.9 Å². The third-order valence-corrected chi connectivity index (χ3v) is 3.38. The lowest BCUT2D eigenvalue weighted by Gasteiger charge is -2.14. The molecule has 0 amide bonds. The van der Waals surface area contributed by atoms with E-state index >= 15 is 0 Å². The molecule has 0 bridgehead atoms. The van der Waals surface area contributed by atoms with Crippen molar-refractivity contribution >= 4 is 15.9 Å². The Balaban J connectivity index is 2.47. The molecule has 0 saturated heterocycles. The minimum atomic E-state index is -0.708. The molecule has 0 spiro atoms. The van der Waals surface area contributed by atoms with Crippen molar-refractivity contribution in [2.45, 2.75) is 19.4 Å². The van der Waals surface area contributed by atoms with Crippen LogP contribution in [0.5, 0.6) is 0 Å². The molecule has 1 heterocycles. The van der Waals surface area contributed by atoms with Crippen molar-refractivity contribution in [3.05, 3.63) is 45.7 Å². The molecule has 1 unspecified atom stereocenters. The van der Waals surface area contributed by atoms with E-state index < -0.39 is 6.10 Å². The lowest BCUT2D eigenvalue weighted by atomic mass is 9.99. The molecule has 0 aliphatic carbocycles. The fourth-order valence-corrected chi connectivity index (χ4v) is 2.44. The van der Waals surface area contributed by atoms with Gasteiger partial charge < -0.3 is 5.11 Å². The number of hydrogen-bond acceptors (Lipinski definition) is 3. The Morgan fingerprint density at radius 3 is 2.71 bits per heavy atom. The molecule has 0 radical (unpaired) electrons. The highest BCUT2D eigenvalue weighted by atomic mass is 79.9. The van der Waals surface area contributed by atoms with Crippen molar-refractivity contribution in [1.29, 1.82) is 0 Å². The predicted molar refractivity (Wildman–Crippen MR) is 68.6 cm³/mol. The van der Waals surface area contributed by atoms with Crippen LogP contribution in [0.3, 0.4) is 0 Å². The Morgan fingerprint density at radius 1 is 1.41 bits per heavy atom. The highest BCUT2D eigenvalue weighted by molar-refractivity contribution is 9.10. The molecule has 0 fully saturated rings. The summed E-state index contributed by atoms with van der Waals surface area (Å²) < 4.78 is 2.17. The van der Waals surface area contributed by atoms with Gasteiger partial charge in [0, 0.05) is 7.05 Å². The summed E-state index contributed by atoms with van der Waals surface area (Å²) in [7, 11) is 1.77. The Labute approximate surface area is 108 Å². The molecule has 0 saturated carbocycles. The minimum absolute atomic E-state index is 0.582. The standard InChI is InChI=1S/C12H14BrN3O/c1-3-8-6-4-5-7-9(8)11(17)10-12(13)14-15-16(10)2/h4-7,11,17H,3H2,1-2H3. The van der Waals surface area contributed by atoms with E-state index in [4.69, 9.17) is 0 Å². The second-order valence-corrected chi connectivity index (χ2v) is 4.60. The van der Waals surface area contributed by atoms with Gasteiger partial charge >= 0.3 is 0 Å². The van der Waals surface area contributed by atoms with Gasteiger partial charge in [0.15, 0.2) is 4.60 Å². The number of aliphatic hydroxyl groups is 1. The molecule has 2 rings (SSSR count). The van der Waals surface area contributed by atoms with Crippen molar-refractivity contribution in [3.8, 4) is 0 Å². The Kier molecular flexibility index (Phi) is 3.59. The normalized spacial score (nSPS) is 12.7. The van der Waals surface area contributed by atoms with E-state index in [1.54, 1.807) is 11.7 Å². The summed E-state index contributed by atoms with van der Waals surface area (Å²) in [6.07, 6.45) is 0.177. The van der Waals surface area contributed by atoms with E-state index in [0.29, 0.717) is 10.3 Å². The van der Waals surface area contributed by atoms with Gasteiger partial charge in [0.05, 0.1) is 0 Å². The molecule has 2 aromatic rings. The first-order chi connectivity index (χ1) is 8.15. The fourth-order valence-electron chi connectivity index (χ4n) is 1.90. The lowest BCUT2D eigenvalue weighted by Crippen LogP contribution is -2.09. The maximum atomic E-state index is 10.4. The third-order valence-electron chi connectivity index (χ3n) is 2.82. The zero-order valence-corrected chi connectivity index (χ0v) is 11.3. The number of nitrogens with zero attached hydrogens (tertiary/aromatic N) is 3. The van der Waals surface area contributed by atoms with Gasteiger partial charge in [-0.1, -0.05) is 36.4 Å². The van der Waals surface area contributed by atoms with E-state index in [-0.39, 0.29) is 0 Å². The smallest absolute Gasteiger partial charge is 0.154 e. The van der Waals surface area contributed by atoms with Crippen LogP contribution in [-0.2, 0) is 13.5 Å². The predicted octanol–water partition coefficient (Wildman–Crippen LogP) is 2.22. The van der Waals surface area contributed by atoms with Gasteiger partial charge in [-0.2, -0.15) is 0 Å². The molecule has 1 aromatic carbocycles. The van der Waals surface area contributed by atoms with Gasteiger partial charge in [0.25, 0.3) is 0 Å². The highest BCUT2D eigenvalue weighted by Crippen LogP contribution is 2.28. The summed E-state index contributed by atoms with van der Waals surface area (Å²) in [6.45, 7) is 2.07. The second-order valence-electron chi connectivity index (χ2n) is 3.84. The fraction of sp³-hybridized carbons (Fsp3) is 0.333. The minimum Gasteiger partial charge on any atom is -0.382 e. The summed E-state index contributed by atoms with van der Waals surface area (Å²) in [5, 5.41) is 18.2. The largest absolute Gasteiger partial charge is 0.382 e. The van der Waals surface area contributed by atoms with Crippen LogP contribution in [-0.4, -0.2) is 20.1 Å². The van der Waals surface area contributed by atoms with Gasteiger partial charge in [-0.25, -0.2) is 4.68 Å². The van der Waals surface area contributed by atoms with Crippen LogP contribution in [0.4, 0.5) is 0 Å². The summed E-state index contributed by atoms with van der Waals surface area (Å²) in [5.41, 5.74) is 2.71. The summed E-state index contributed by atoms with van der Waals surface area (Å²) in [6, 6.07) is 7.86. The molecule has 90 valence electrons. The number of halogens is 1. The average molecular weight is 296 g/mol. The SMILES string of the molecule is CCc1ccccc1C(O)c1c(Br)nnn1C. The van der Waals surface area contributed by atoms with Crippen LogP contribution in [0.2, 0.25) is 0 Å². The first kappa shape index (κ1) is 12.3. The molecule has 1 aromatic heterocycles. The molecule has 17 heavy (non-hydrogen) atoms. The molecule has 5 heteroatoms. The lowest BCUT2D eigenvalue weighted by molar-refractivity contribution is 0.208. The zero-order valence-electron chi connectivity index (χ0n) is 9.76. The average Bonchev–Trinajstić information content (AvgIpc) is 2.68. The van der Waals surface area contributed by atoms with Crippen LogP contribution in [0.25, 0.3) is 0 Å². The first-order valence-electron chi connectivity index (χ1n) is 5.46. The second kappa shape index (κ2) is 4.98. The van der Waals surface area contributed by atoms with Crippen molar-refractivity contribution in [2.24, 2.45) is 7.05 Å². The van der Waals surface area contributed by atoms with Crippen molar-refractivity contribution in [1.82, 2.24) is 15.0 Å². The van der Waals surface area contributed by atoms with Crippen molar-refractivity contribution in [2.75, 3.05) is 0 Å². The molecule has 0 aliphatic heterocycles. The molecule has 4 nitrogen and oxygen atoms in total. The number of aromatic nitrogens is 3. The van der Waals surface area contributed by atoms with E-state index in [2.05, 4.69) is 33.2 Å². The molecule has 1 atom stereocenters. The van der Waals surface area contributed by atoms with Crippen molar-refractivity contribution in [3.63, 3.8) is 0 Å². The van der Waals surface area contributed by atoms with Gasteiger partial charge in [-0.3, -0.25) is 0 Å². The monoisotopic (exact) mass is 295 g/mol. The van der Waals surface area contributed by atoms with E-state index in [1.807, 2.05) is 24.3 Å². The van der Waals surface area contributed by atoms with Gasteiger partial charge in [0.2, 0.25) is 0 Å². The molecular formula is C12H14BrN3O. The summed E-state index contributed by atoms with van der Waals surface area (Å²) in [4.78, 5) is 0. The number of aliphatic hydroxyl groups excluding tert-OH is 1. The number of aryl methyl sites for hydroxylation is 2. The molecule has 1 N–H and O–H groups in total. The van der Waals surface area contributed by atoms with Gasteiger partial charge in [-0.15, -0.1) is 5.10 Å². The van der Waals surface area contributed by atoms with E-state index in [0.717, 1.165) is 17.5 Å². The third kappa shape index (κ3) is 2.25. The maximum absolute atomic E-state index is 10.4. The number of benzene rings is 1. The quantitative estimate of drug-likeness (QED) is 0.945. The van der Waals surface area contributed by atoms with Crippen LogP contribution >= 0.6 is 15.9 Å². The Hall–Kier alpha value is -1.20. The number of rotatable bonds is 3. The van der Waals surface area contributed by atoms with Crippen molar-refractivity contribution < 1.29 is 5.11 Å².